The fraction of sp³-hybridized carbons (Fsp3) is 0.320. The summed E-state index contributed by atoms with van der Waals surface area (Å²) in [6.45, 7) is 0.819. The number of hydrogen-bond donors (Lipinski definition) is 1. The van der Waals surface area contributed by atoms with Crippen LogP contribution >= 0.6 is 0 Å². The van der Waals surface area contributed by atoms with Crippen LogP contribution in [0.25, 0.3) is 6.08 Å². The van der Waals surface area contributed by atoms with Gasteiger partial charge in [0.25, 0.3) is 0 Å². The van der Waals surface area contributed by atoms with E-state index in [9.17, 15) is 14.4 Å². The van der Waals surface area contributed by atoms with Crippen molar-refractivity contribution in [2.75, 3.05) is 40.5 Å². The van der Waals surface area contributed by atoms with Gasteiger partial charge in [-0.05, 0) is 35.9 Å². The highest BCUT2D eigenvalue weighted by Crippen LogP contribution is 2.28. The molecule has 1 atom stereocenters. The number of esters is 1. The van der Waals surface area contributed by atoms with E-state index in [1.165, 1.54) is 18.1 Å². The molecule has 0 radical (unpaired) electrons. The van der Waals surface area contributed by atoms with Gasteiger partial charge in [-0.25, -0.2) is 0 Å². The van der Waals surface area contributed by atoms with Crippen LogP contribution in [0.2, 0.25) is 0 Å². The summed E-state index contributed by atoms with van der Waals surface area (Å²) in [5.74, 6) is 0.424. The standard InChI is InChI=1S/C25H28N2O7/c1-31-21-10-8-18(16-22(21)32-2)9-11-23(28)27-13-12-26-25(30)20(27)17-24(29)34-15-14-33-19-6-4-3-5-7-19/h3-11,16,20H,12-15,17H2,1-2H3,(H,26,30)/b11-9+. The topological polar surface area (TPSA) is 103 Å². The van der Waals surface area contributed by atoms with Gasteiger partial charge in [0.1, 0.15) is 25.0 Å². The second kappa shape index (κ2) is 12.3. The predicted molar refractivity (Wildman–Crippen MR) is 125 cm³/mol. The van der Waals surface area contributed by atoms with Crippen molar-refractivity contribution in [3.05, 3.63) is 60.2 Å². The Morgan fingerprint density at radius 1 is 1.06 bits per heavy atom. The number of nitrogens with zero attached hydrogens (tertiary/aromatic N) is 1. The third kappa shape index (κ3) is 6.74. The minimum absolute atomic E-state index is 0.0369. The summed E-state index contributed by atoms with van der Waals surface area (Å²) in [4.78, 5) is 38.9. The molecular formula is C25H28N2O7. The number of ether oxygens (including phenoxy) is 4. The zero-order chi connectivity index (χ0) is 24.3. The van der Waals surface area contributed by atoms with Gasteiger partial charge in [0.05, 0.1) is 20.6 Å². The molecule has 0 aromatic heterocycles. The zero-order valence-corrected chi connectivity index (χ0v) is 19.2. The van der Waals surface area contributed by atoms with E-state index in [4.69, 9.17) is 18.9 Å². The molecule has 180 valence electrons. The summed E-state index contributed by atoms with van der Waals surface area (Å²) in [5, 5.41) is 2.69. The molecule has 2 aromatic rings. The van der Waals surface area contributed by atoms with Crippen LogP contribution in [0.5, 0.6) is 17.2 Å². The average molecular weight is 469 g/mol. The third-order valence-corrected chi connectivity index (χ3v) is 5.16. The largest absolute Gasteiger partial charge is 0.493 e. The summed E-state index contributed by atoms with van der Waals surface area (Å²) in [6, 6.07) is 13.5. The normalized spacial score (nSPS) is 15.5. The lowest BCUT2D eigenvalue weighted by Crippen LogP contribution is -2.57. The van der Waals surface area contributed by atoms with Crippen LogP contribution < -0.4 is 19.5 Å². The van der Waals surface area contributed by atoms with Crippen molar-refractivity contribution < 1.29 is 33.3 Å². The Morgan fingerprint density at radius 3 is 2.56 bits per heavy atom. The fourth-order valence-electron chi connectivity index (χ4n) is 3.45. The molecule has 0 aliphatic carbocycles. The van der Waals surface area contributed by atoms with E-state index in [0.29, 0.717) is 23.8 Å². The van der Waals surface area contributed by atoms with Crippen molar-refractivity contribution in [1.29, 1.82) is 0 Å². The van der Waals surface area contributed by atoms with Crippen molar-refractivity contribution in [3.63, 3.8) is 0 Å². The number of para-hydroxylation sites is 1. The first-order chi connectivity index (χ1) is 16.5. The van der Waals surface area contributed by atoms with Gasteiger partial charge in [-0.2, -0.15) is 0 Å². The Bertz CT molecular complexity index is 1020. The molecule has 1 aliphatic heterocycles. The lowest BCUT2D eigenvalue weighted by atomic mass is 10.1. The first-order valence-electron chi connectivity index (χ1n) is 10.8. The molecule has 1 saturated heterocycles. The molecule has 1 aliphatic rings. The van der Waals surface area contributed by atoms with Crippen molar-refractivity contribution >= 4 is 23.9 Å². The highest BCUT2D eigenvalue weighted by Gasteiger charge is 2.34. The SMILES string of the molecule is COc1ccc(/C=C/C(=O)N2CCNC(=O)C2CC(=O)OCCOc2ccccc2)cc1OC. The van der Waals surface area contributed by atoms with E-state index in [0.717, 1.165) is 5.56 Å². The quantitative estimate of drug-likeness (QED) is 0.323. The van der Waals surface area contributed by atoms with Crippen LogP contribution in [0.3, 0.4) is 0 Å². The summed E-state index contributed by atoms with van der Waals surface area (Å²) in [5.41, 5.74) is 0.724. The number of nitrogens with one attached hydrogen (secondary N) is 1. The molecule has 0 saturated carbocycles. The van der Waals surface area contributed by atoms with Gasteiger partial charge in [-0.15, -0.1) is 0 Å². The Hall–Kier alpha value is -4.01. The first kappa shape index (κ1) is 24.6. The maximum Gasteiger partial charge on any atom is 0.308 e. The van der Waals surface area contributed by atoms with Crippen LogP contribution in [0.15, 0.2) is 54.6 Å². The van der Waals surface area contributed by atoms with Crippen molar-refractivity contribution in [2.24, 2.45) is 0 Å². The van der Waals surface area contributed by atoms with E-state index in [2.05, 4.69) is 5.32 Å². The number of hydrogen-bond acceptors (Lipinski definition) is 7. The van der Waals surface area contributed by atoms with Crippen molar-refractivity contribution in [3.8, 4) is 17.2 Å². The summed E-state index contributed by atoms with van der Waals surface area (Å²) in [7, 11) is 3.07. The molecule has 2 amide bonds. The van der Waals surface area contributed by atoms with Crippen LogP contribution in [0.1, 0.15) is 12.0 Å². The lowest BCUT2D eigenvalue weighted by Gasteiger charge is -2.33. The Balaban J connectivity index is 1.56. The molecule has 1 heterocycles. The second-order valence-electron chi connectivity index (χ2n) is 7.37. The number of carbonyl (C=O) groups is 3. The van der Waals surface area contributed by atoms with Crippen LogP contribution in [-0.4, -0.2) is 69.2 Å². The van der Waals surface area contributed by atoms with Crippen molar-refractivity contribution in [1.82, 2.24) is 10.2 Å². The molecular weight excluding hydrogens is 440 g/mol. The number of amides is 2. The maximum absolute atomic E-state index is 12.8. The first-order valence-corrected chi connectivity index (χ1v) is 10.8. The average Bonchev–Trinajstić information content (AvgIpc) is 2.86. The monoisotopic (exact) mass is 468 g/mol. The summed E-state index contributed by atoms with van der Waals surface area (Å²) in [6.07, 6.45) is 2.74. The van der Waals surface area contributed by atoms with Gasteiger partial charge in [0.15, 0.2) is 11.5 Å². The van der Waals surface area contributed by atoms with E-state index >= 15 is 0 Å². The summed E-state index contributed by atoms with van der Waals surface area (Å²) >= 11 is 0. The molecule has 9 nitrogen and oxygen atoms in total. The number of benzene rings is 2. The van der Waals surface area contributed by atoms with Gasteiger partial charge in [-0.3, -0.25) is 14.4 Å². The van der Waals surface area contributed by atoms with E-state index in [-0.39, 0.29) is 32.1 Å². The van der Waals surface area contributed by atoms with Crippen LogP contribution in [-0.2, 0) is 19.1 Å². The molecule has 2 aromatic carbocycles. The Kier molecular flexibility index (Phi) is 8.90. The number of piperazine rings is 1. The Labute approximate surface area is 198 Å². The molecule has 0 spiro atoms. The molecule has 1 fully saturated rings. The number of methoxy groups -OCH3 is 2. The number of rotatable bonds is 10. The minimum Gasteiger partial charge on any atom is -0.493 e. The minimum atomic E-state index is -0.946. The van der Waals surface area contributed by atoms with Gasteiger partial charge < -0.3 is 29.2 Å². The smallest absolute Gasteiger partial charge is 0.308 e. The highest BCUT2D eigenvalue weighted by molar-refractivity contribution is 5.97. The van der Waals surface area contributed by atoms with Gasteiger partial charge >= 0.3 is 5.97 Å². The fourth-order valence-corrected chi connectivity index (χ4v) is 3.45. The van der Waals surface area contributed by atoms with Crippen molar-refractivity contribution in [2.45, 2.75) is 12.5 Å². The van der Waals surface area contributed by atoms with E-state index in [1.807, 2.05) is 18.2 Å². The van der Waals surface area contributed by atoms with Crippen LogP contribution in [0, 0.1) is 0 Å². The molecule has 1 unspecified atom stereocenters. The third-order valence-electron chi connectivity index (χ3n) is 5.16. The van der Waals surface area contributed by atoms with E-state index < -0.39 is 17.9 Å². The number of carbonyl (C=O) groups excluding carboxylic acids is 3. The molecule has 34 heavy (non-hydrogen) atoms. The molecule has 9 heteroatoms. The zero-order valence-electron chi connectivity index (χ0n) is 19.2. The maximum atomic E-state index is 12.8. The predicted octanol–water partition coefficient (Wildman–Crippen LogP) is 2.06. The lowest BCUT2D eigenvalue weighted by molar-refractivity contribution is -0.151. The van der Waals surface area contributed by atoms with E-state index in [1.54, 1.807) is 43.5 Å². The molecule has 0 bridgehead atoms. The Morgan fingerprint density at radius 2 is 1.82 bits per heavy atom. The highest BCUT2D eigenvalue weighted by atomic mass is 16.6. The van der Waals surface area contributed by atoms with Gasteiger partial charge in [0.2, 0.25) is 11.8 Å². The molecule has 3 rings (SSSR count). The van der Waals surface area contributed by atoms with Gasteiger partial charge in [-0.1, -0.05) is 24.3 Å². The second-order valence-corrected chi connectivity index (χ2v) is 7.37. The summed E-state index contributed by atoms with van der Waals surface area (Å²) < 4.78 is 21.2. The van der Waals surface area contributed by atoms with Gasteiger partial charge in [0, 0.05) is 19.2 Å². The van der Waals surface area contributed by atoms with Crippen LogP contribution in [0.4, 0.5) is 0 Å². The molecule has 1 N–H and O–H groups in total.